The Hall–Kier alpha value is -0.120. The lowest BCUT2D eigenvalue weighted by molar-refractivity contribution is 0.0777. The maximum Gasteiger partial charge on any atom is 0.0213 e. The van der Waals surface area contributed by atoms with Crippen LogP contribution in [0.15, 0.2) is 0 Å². The summed E-state index contributed by atoms with van der Waals surface area (Å²) >= 11 is 0. The molecule has 3 saturated heterocycles. The van der Waals surface area contributed by atoms with Crippen LogP contribution in [0.1, 0.15) is 12.8 Å². The lowest BCUT2D eigenvalue weighted by Crippen LogP contribution is -2.66. The molecule has 0 aromatic carbocycles. The Bertz CT molecular complexity index is 121. The minimum Gasteiger partial charge on any atom is -0.330 e. The highest BCUT2D eigenvalue weighted by molar-refractivity contribution is 4.97. The van der Waals surface area contributed by atoms with Gasteiger partial charge in [0.2, 0.25) is 0 Å². The van der Waals surface area contributed by atoms with Crippen LogP contribution in [0.2, 0.25) is 0 Å². The van der Waals surface area contributed by atoms with Crippen molar-refractivity contribution >= 4 is 0 Å². The fourth-order valence-corrected chi connectivity index (χ4v) is 2.10. The Morgan fingerprint density at radius 3 is 2.55 bits per heavy atom. The van der Waals surface area contributed by atoms with Gasteiger partial charge in [-0.3, -0.25) is 0 Å². The molecular weight excluding hydrogens is 138 g/mol. The van der Waals surface area contributed by atoms with Crippen molar-refractivity contribution in [1.82, 2.24) is 10.2 Å². The summed E-state index contributed by atoms with van der Waals surface area (Å²) in [5.41, 5.74) is 5.45. The molecule has 0 aromatic heterocycles. The molecule has 0 saturated carbocycles. The van der Waals surface area contributed by atoms with Gasteiger partial charge in [0.25, 0.3) is 0 Å². The van der Waals surface area contributed by atoms with E-state index in [-0.39, 0.29) is 0 Å². The second kappa shape index (κ2) is 3.09. The number of piperidine rings is 1. The van der Waals surface area contributed by atoms with Gasteiger partial charge in [0.15, 0.2) is 0 Å². The zero-order chi connectivity index (χ0) is 7.68. The van der Waals surface area contributed by atoms with Crippen LogP contribution in [0.5, 0.6) is 0 Å². The van der Waals surface area contributed by atoms with E-state index in [9.17, 15) is 0 Å². The molecule has 3 heteroatoms. The van der Waals surface area contributed by atoms with E-state index in [1.165, 1.54) is 26.1 Å². The number of fused-ring (bicyclic) bond motifs is 2. The minimum atomic E-state index is 0.798. The third-order valence-electron chi connectivity index (χ3n) is 2.68. The Kier molecular flexibility index (Phi) is 2.11. The fourth-order valence-electron chi connectivity index (χ4n) is 2.10. The van der Waals surface area contributed by atoms with E-state index in [1.807, 2.05) is 0 Å². The van der Waals surface area contributed by atoms with Crippen molar-refractivity contribution in [1.29, 1.82) is 0 Å². The van der Waals surface area contributed by atoms with Gasteiger partial charge in [-0.15, -0.1) is 0 Å². The second-order valence-corrected chi connectivity index (χ2v) is 3.70. The first kappa shape index (κ1) is 7.53. The normalized spacial score (nSPS) is 36.8. The molecule has 3 aliphatic rings. The van der Waals surface area contributed by atoms with Crippen molar-refractivity contribution in [2.24, 2.45) is 5.73 Å². The van der Waals surface area contributed by atoms with Gasteiger partial charge in [-0.2, -0.15) is 0 Å². The summed E-state index contributed by atoms with van der Waals surface area (Å²) in [5, 5.41) is 3.51. The van der Waals surface area contributed by atoms with Gasteiger partial charge in [-0.1, -0.05) is 0 Å². The van der Waals surface area contributed by atoms with E-state index < -0.39 is 0 Å². The Balaban J connectivity index is 1.70. The summed E-state index contributed by atoms with van der Waals surface area (Å²) in [5.74, 6) is 0. The standard InChI is InChI=1S/C8H17N3/c9-2-1-3-11-5-7-4-8(6-11)10-7/h7-8,10H,1-6,9H2. The monoisotopic (exact) mass is 155 g/mol. The van der Waals surface area contributed by atoms with E-state index in [0.717, 1.165) is 25.0 Å². The van der Waals surface area contributed by atoms with E-state index in [2.05, 4.69) is 10.2 Å². The van der Waals surface area contributed by atoms with Crippen LogP contribution in [-0.2, 0) is 0 Å². The predicted molar refractivity (Wildman–Crippen MR) is 45.4 cm³/mol. The van der Waals surface area contributed by atoms with Crippen molar-refractivity contribution in [3.8, 4) is 0 Å². The highest BCUT2D eigenvalue weighted by Gasteiger charge is 2.35. The molecule has 0 aromatic rings. The first-order chi connectivity index (χ1) is 5.38. The molecule has 3 rings (SSSR count). The molecule has 2 unspecified atom stereocenters. The van der Waals surface area contributed by atoms with E-state index >= 15 is 0 Å². The van der Waals surface area contributed by atoms with E-state index in [4.69, 9.17) is 5.73 Å². The molecule has 0 aliphatic carbocycles. The van der Waals surface area contributed by atoms with Gasteiger partial charge < -0.3 is 16.0 Å². The first-order valence-corrected chi connectivity index (χ1v) is 4.57. The number of rotatable bonds is 3. The highest BCUT2D eigenvalue weighted by Crippen LogP contribution is 2.20. The third kappa shape index (κ3) is 1.55. The predicted octanol–water partition coefficient (Wildman–Crippen LogP) is -0.619. The molecule has 3 N–H and O–H groups in total. The Morgan fingerprint density at radius 2 is 2.00 bits per heavy atom. The average Bonchev–Trinajstić information content (AvgIpc) is 2.00. The number of piperazine rings is 1. The fraction of sp³-hybridized carbons (Fsp3) is 1.00. The van der Waals surface area contributed by atoms with Crippen LogP contribution < -0.4 is 11.1 Å². The third-order valence-corrected chi connectivity index (χ3v) is 2.68. The van der Waals surface area contributed by atoms with E-state index in [1.54, 1.807) is 0 Å². The number of nitrogens with zero attached hydrogens (tertiary/aromatic N) is 1. The molecule has 64 valence electrons. The van der Waals surface area contributed by atoms with Crippen LogP contribution in [0.25, 0.3) is 0 Å². The Labute approximate surface area is 67.9 Å². The van der Waals surface area contributed by atoms with Gasteiger partial charge in [0.1, 0.15) is 0 Å². The molecular formula is C8H17N3. The summed E-state index contributed by atoms with van der Waals surface area (Å²) in [6.45, 7) is 4.53. The van der Waals surface area contributed by atoms with Crippen molar-refractivity contribution in [2.45, 2.75) is 24.9 Å². The number of nitrogens with two attached hydrogens (primary N) is 1. The zero-order valence-corrected chi connectivity index (χ0v) is 6.92. The van der Waals surface area contributed by atoms with Crippen LogP contribution >= 0.6 is 0 Å². The molecule has 11 heavy (non-hydrogen) atoms. The lowest BCUT2D eigenvalue weighted by Gasteiger charge is -2.48. The summed E-state index contributed by atoms with van der Waals surface area (Å²) in [4.78, 5) is 2.53. The van der Waals surface area contributed by atoms with Gasteiger partial charge in [-0.25, -0.2) is 0 Å². The van der Waals surface area contributed by atoms with Crippen molar-refractivity contribution in [2.75, 3.05) is 26.2 Å². The van der Waals surface area contributed by atoms with E-state index in [0.29, 0.717) is 0 Å². The van der Waals surface area contributed by atoms with Crippen molar-refractivity contribution < 1.29 is 0 Å². The van der Waals surface area contributed by atoms with Crippen molar-refractivity contribution in [3.05, 3.63) is 0 Å². The quantitative estimate of drug-likeness (QED) is 0.571. The van der Waals surface area contributed by atoms with Crippen LogP contribution in [0.4, 0.5) is 0 Å². The molecule has 3 fully saturated rings. The molecule has 3 aliphatic heterocycles. The summed E-state index contributed by atoms with van der Waals surface area (Å²) in [7, 11) is 0. The summed E-state index contributed by atoms with van der Waals surface area (Å²) < 4.78 is 0. The van der Waals surface area contributed by atoms with Crippen molar-refractivity contribution in [3.63, 3.8) is 0 Å². The minimum absolute atomic E-state index is 0.798. The second-order valence-electron chi connectivity index (χ2n) is 3.70. The molecule has 0 amide bonds. The van der Waals surface area contributed by atoms with Gasteiger partial charge >= 0.3 is 0 Å². The summed E-state index contributed by atoms with van der Waals surface area (Å²) in [6, 6.07) is 1.60. The molecule has 0 radical (unpaired) electrons. The zero-order valence-electron chi connectivity index (χ0n) is 6.92. The number of hydrogen-bond donors (Lipinski definition) is 2. The maximum absolute atomic E-state index is 5.45. The first-order valence-electron chi connectivity index (χ1n) is 4.57. The molecule has 3 nitrogen and oxygen atoms in total. The number of nitrogens with one attached hydrogen (secondary N) is 1. The van der Waals surface area contributed by atoms with Crippen LogP contribution in [0.3, 0.4) is 0 Å². The largest absolute Gasteiger partial charge is 0.330 e. The molecule has 2 bridgehead atoms. The van der Waals surface area contributed by atoms with Gasteiger partial charge in [0.05, 0.1) is 0 Å². The Morgan fingerprint density at radius 1 is 1.36 bits per heavy atom. The topological polar surface area (TPSA) is 41.3 Å². The highest BCUT2D eigenvalue weighted by atomic mass is 15.3. The molecule has 3 heterocycles. The lowest BCUT2D eigenvalue weighted by atomic mass is 9.91. The smallest absolute Gasteiger partial charge is 0.0213 e. The summed E-state index contributed by atoms with van der Waals surface area (Å²) in [6.07, 6.45) is 2.55. The van der Waals surface area contributed by atoms with Crippen LogP contribution in [0, 0.1) is 0 Å². The van der Waals surface area contributed by atoms with Gasteiger partial charge in [-0.05, 0) is 25.9 Å². The SMILES string of the molecule is NCCCN1CC2CC(C1)N2. The van der Waals surface area contributed by atoms with Crippen LogP contribution in [-0.4, -0.2) is 43.2 Å². The molecule has 2 atom stereocenters. The maximum atomic E-state index is 5.45. The number of hydrogen-bond acceptors (Lipinski definition) is 3. The average molecular weight is 155 g/mol. The molecule has 0 spiro atoms. The van der Waals surface area contributed by atoms with Gasteiger partial charge in [0, 0.05) is 25.2 Å².